The molecule has 17 heavy (non-hydrogen) atoms. The number of aliphatic hydroxyl groups excluding tert-OH is 1. The first kappa shape index (κ1) is 14.2. The molecule has 0 radical (unpaired) electrons. The number of hydrogen-bond donors (Lipinski definition) is 1. The molecule has 0 aliphatic carbocycles. The maximum absolute atomic E-state index is 8.58. The monoisotopic (exact) mass is 237 g/mol. The highest BCUT2D eigenvalue weighted by Gasteiger charge is 2.00. The molecule has 0 aromatic heterocycles. The first-order valence-corrected chi connectivity index (χ1v) is 6.21. The molecule has 0 fully saturated rings. The van der Waals surface area contributed by atoms with Crippen molar-refractivity contribution in [1.82, 2.24) is 4.90 Å². The fourth-order valence-corrected chi connectivity index (χ4v) is 1.66. The van der Waals surface area contributed by atoms with Crippen LogP contribution in [0.1, 0.15) is 18.1 Å². The first-order valence-electron chi connectivity index (χ1n) is 6.21. The van der Waals surface area contributed by atoms with Crippen molar-refractivity contribution in [3.05, 3.63) is 35.4 Å². The smallest absolute Gasteiger partial charge is 0.0698 e. The van der Waals surface area contributed by atoms with E-state index < -0.39 is 0 Å². The van der Waals surface area contributed by atoms with Crippen molar-refractivity contribution < 1.29 is 9.84 Å². The maximum Gasteiger partial charge on any atom is 0.0698 e. The lowest BCUT2D eigenvalue weighted by Gasteiger charge is -2.16. The molecule has 1 aromatic carbocycles. The molecule has 0 spiro atoms. The minimum absolute atomic E-state index is 0.0994. The second kappa shape index (κ2) is 8.23. The van der Waals surface area contributed by atoms with Gasteiger partial charge in [-0.1, -0.05) is 31.2 Å². The van der Waals surface area contributed by atoms with Gasteiger partial charge in [-0.3, -0.25) is 4.90 Å². The summed E-state index contributed by atoms with van der Waals surface area (Å²) in [5, 5.41) is 8.58. The highest BCUT2D eigenvalue weighted by Crippen LogP contribution is 2.07. The minimum Gasteiger partial charge on any atom is -0.394 e. The molecule has 0 amide bonds. The number of aryl methyl sites for hydroxylation is 1. The molecule has 1 rings (SSSR count). The molecular formula is C14H23NO2. The lowest BCUT2D eigenvalue weighted by Crippen LogP contribution is -2.23. The van der Waals surface area contributed by atoms with Crippen LogP contribution < -0.4 is 0 Å². The molecule has 3 nitrogen and oxygen atoms in total. The Labute approximate surface area is 104 Å². The normalized spacial score (nSPS) is 11.1. The van der Waals surface area contributed by atoms with Gasteiger partial charge in [0.15, 0.2) is 0 Å². The Morgan fingerprint density at radius 3 is 2.35 bits per heavy atom. The molecule has 1 N–H and O–H groups in total. The first-order chi connectivity index (χ1) is 8.26. The van der Waals surface area contributed by atoms with Crippen molar-refractivity contribution in [1.29, 1.82) is 0 Å². The van der Waals surface area contributed by atoms with Gasteiger partial charge in [0, 0.05) is 13.1 Å². The third-order valence-electron chi connectivity index (χ3n) is 2.74. The standard InChI is InChI=1S/C14H23NO2/c1-3-13-4-6-14(7-5-13)12-15(2)8-10-17-11-9-16/h4-7,16H,3,8-12H2,1-2H3. The van der Waals surface area contributed by atoms with Gasteiger partial charge in [-0.05, 0) is 24.6 Å². The third kappa shape index (κ3) is 5.82. The molecule has 96 valence electrons. The number of ether oxygens (including phenoxy) is 1. The summed E-state index contributed by atoms with van der Waals surface area (Å²) in [6.45, 7) is 5.19. The van der Waals surface area contributed by atoms with Crippen molar-refractivity contribution in [2.75, 3.05) is 33.4 Å². The zero-order chi connectivity index (χ0) is 12.5. The molecule has 1 aromatic rings. The summed E-state index contributed by atoms with van der Waals surface area (Å²) in [7, 11) is 2.08. The number of benzene rings is 1. The van der Waals surface area contributed by atoms with E-state index in [1.807, 2.05) is 0 Å². The Morgan fingerprint density at radius 2 is 1.76 bits per heavy atom. The molecule has 0 aliphatic rings. The molecule has 0 atom stereocenters. The summed E-state index contributed by atoms with van der Waals surface area (Å²) in [6, 6.07) is 8.74. The molecular weight excluding hydrogens is 214 g/mol. The lowest BCUT2D eigenvalue weighted by molar-refractivity contribution is 0.0773. The Kier molecular flexibility index (Phi) is 6.86. The van der Waals surface area contributed by atoms with Gasteiger partial charge < -0.3 is 9.84 Å². The van der Waals surface area contributed by atoms with Gasteiger partial charge in [-0.2, -0.15) is 0 Å². The average Bonchev–Trinajstić information content (AvgIpc) is 2.36. The van der Waals surface area contributed by atoms with E-state index in [0.29, 0.717) is 13.2 Å². The highest BCUT2D eigenvalue weighted by molar-refractivity contribution is 5.22. The molecule has 0 heterocycles. The maximum atomic E-state index is 8.58. The number of likely N-dealkylation sites (N-methyl/N-ethyl adjacent to an activating group) is 1. The zero-order valence-electron chi connectivity index (χ0n) is 10.9. The van der Waals surface area contributed by atoms with Crippen molar-refractivity contribution in [3.8, 4) is 0 Å². The van der Waals surface area contributed by atoms with E-state index in [9.17, 15) is 0 Å². The van der Waals surface area contributed by atoms with Gasteiger partial charge >= 0.3 is 0 Å². The van der Waals surface area contributed by atoms with E-state index in [4.69, 9.17) is 9.84 Å². The van der Waals surface area contributed by atoms with E-state index >= 15 is 0 Å². The van der Waals surface area contributed by atoms with Crippen LogP contribution in [0.4, 0.5) is 0 Å². The lowest BCUT2D eigenvalue weighted by atomic mass is 10.1. The van der Waals surface area contributed by atoms with Gasteiger partial charge in [-0.25, -0.2) is 0 Å². The van der Waals surface area contributed by atoms with Gasteiger partial charge in [0.1, 0.15) is 0 Å². The van der Waals surface area contributed by atoms with Crippen molar-refractivity contribution in [2.45, 2.75) is 19.9 Å². The number of nitrogens with zero attached hydrogens (tertiary/aromatic N) is 1. The highest BCUT2D eigenvalue weighted by atomic mass is 16.5. The number of aliphatic hydroxyl groups is 1. The molecule has 0 aliphatic heterocycles. The van der Waals surface area contributed by atoms with E-state index in [1.54, 1.807) is 0 Å². The Morgan fingerprint density at radius 1 is 1.12 bits per heavy atom. The van der Waals surface area contributed by atoms with E-state index in [0.717, 1.165) is 19.5 Å². The summed E-state index contributed by atoms with van der Waals surface area (Å²) in [5.74, 6) is 0. The summed E-state index contributed by atoms with van der Waals surface area (Å²) in [4.78, 5) is 2.22. The quantitative estimate of drug-likeness (QED) is 0.698. The minimum atomic E-state index is 0.0994. The van der Waals surface area contributed by atoms with Gasteiger partial charge in [0.05, 0.1) is 19.8 Å². The van der Waals surface area contributed by atoms with Gasteiger partial charge in [-0.15, -0.1) is 0 Å². The second-order valence-corrected chi connectivity index (χ2v) is 4.24. The van der Waals surface area contributed by atoms with Crippen LogP contribution in [-0.4, -0.2) is 43.4 Å². The van der Waals surface area contributed by atoms with Crippen LogP contribution in [0.3, 0.4) is 0 Å². The SMILES string of the molecule is CCc1ccc(CN(C)CCOCCO)cc1. The Bertz CT molecular complexity index is 298. The summed E-state index contributed by atoms with van der Waals surface area (Å²) in [6.07, 6.45) is 1.09. The van der Waals surface area contributed by atoms with Crippen LogP contribution in [0.2, 0.25) is 0 Å². The van der Waals surface area contributed by atoms with E-state index in [-0.39, 0.29) is 6.61 Å². The zero-order valence-corrected chi connectivity index (χ0v) is 10.9. The van der Waals surface area contributed by atoms with Gasteiger partial charge in [0.25, 0.3) is 0 Å². The molecule has 0 bridgehead atoms. The second-order valence-electron chi connectivity index (χ2n) is 4.24. The van der Waals surface area contributed by atoms with Gasteiger partial charge in [0.2, 0.25) is 0 Å². The summed E-state index contributed by atoms with van der Waals surface area (Å²) >= 11 is 0. The fourth-order valence-electron chi connectivity index (χ4n) is 1.66. The van der Waals surface area contributed by atoms with Crippen LogP contribution in [0.5, 0.6) is 0 Å². The van der Waals surface area contributed by atoms with Crippen molar-refractivity contribution >= 4 is 0 Å². The van der Waals surface area contributed by atoms with Crippen molar-refractivity contribution in [2.24, 2.45) is 0 Å². The van der Waals surface area contributed by atoms with Crippen LogP contribution in [0.15, 0.2) is 24.3 Å². The third-order valence-corrected chi connectivity index (χ3v) is 2.74. The molecule has 3 heteroatoms. The summed E-state index contributed by atoms with van der Waals surface area (Å²) < 4.78 is 5.24. The molecule has 0 saturated carbocycles. The van der Waals surface area contributed by atoms with E-state index in [1.165, 1.54) is 11.1 Å². The average molecular weight is 237 g/mol. The van der Waals surface area contributed by atoms with Crippen LogP contribution in [0.25, 0.3) is 0 Å². The largest absolute Gasteiger partial charge is 0.394 e. The Hall–Kier alpha value is -0.900. The van der Waals surface area contributed by atoms with Crippen LogP contribution >= 0.6 is 0 Å². The predicted octanol–water partition coefficient (Wildman–Crippen LogP) is 1.69. The molecule has 0 saturated heterocycles. The number of hydrogen-bond acceptors (Lipinski definition) is 3. The van der Waals surface area contributed by atoms with Crippen LogP contribution in [0, 0.1) is 0 Å². The van der Waals surface area contributed by atoms with E-state index in [2.05, 4.69) is 43.1 Å². The van der Waals surface area contributed by atoms with Crippen LogP contribution in [-0.2, 0) is 17.7 Å². The number of rotatable bonds is 8. The Balaban J connectivity index is 2.26. The molecule has 0 unspecified atom stereocenters. The predicted molar refractivity (Wildman–Crippen MR) is 70.1 cm³/mol. The fraction of sp³-hybridized carbons (Fsp3) is 0.571. The topological polar surface area (TPSA) is 32.7 Å². The van der Waals surface area contributed by atoms with Crippen molar-refractivity contribution in [3.63, 3.8) is 0 Å². The summed E-state index contributed by atoms with van der Waals surface area (Å²) in [5.41, 5.74) is 2.70.